The summed E-state index contributed by atoms with van der Waals surface area (Å²) in [6, 6.07) is 15.9. The normalized spacial score (nSPS) is 11.2. The van der Waals surface area contributed by atoms with E-state index in [0.717, 1.165) is 0 Å². The number of aromatic nitrogens is 1. The van der Waals surface area contributed by atoms with Gasteiger partial charge in [0, 0.05) is 23.0 Å². The van der Waals surface area contributed by atoms with E-state index in [-0.39, 0.29) is 10.8 Å². The molecule has 26 heavy (non-hydrogen) atoms. The Morgan fingerprint density at radius 2 is 1.77 bits per heavy atom. The molecule has 8 heteroatoms. The Bertz CT molecular complexity index is 1050. The second-order valence-corrected chi connectivity index (χ2v) is 7.40. The summed E-state index contributed by atoms with van der Waals surface area (Å²) in [6.45, 7) is 0. The highest BCUT2D eigenvalue weighted by molar-refractivity contribution is 7.89. The molecule has 132 valence electrons. The Kier molecular flexibility index (Phi) is 5.03. The van der Waals surface area contributed by atoms with Gasteiger partial charge in [0.25, 0.3) is 5.91 Å². The summed E-state index contributed by atoms with van der Waals surface area (Å²) in [5.41, 5.74) is 2.21. The minimum Gasteiger partial charge on any atom is -0.322 e. The van der Waals surface area contributed by atoms with Crippen molar-refractivity contribution < 1.29 is 13.2 Å². The summed E-state index contributed by atoms with van der Waals surface area (Å²) in [4.78, 5) is 16.6. The predicted molar refractivity (Wildman–Crippen MR) is 100 cm³/mol. The first-order chi connectivity index (χ1) is 12.3. The third kappa shape index (κ3) is 4.08. The molecule has 0 radical (unpaired) electrons. The number of anilines is 1. The number of nitrogens with one attached hydrogen (secondary N) is 1. The van der Waals surface area contributed by atoms with E-state index in [1.54, 1.807) is 30.5 Å². The molecule has 2 aromatic carbocycles. The number of carbonyl (C=O) groups excluding carboxylic acids is 1. The van der Waals surface area contributed by atoms with Crippen LogP contribution in [0, 0.1) is 0 Å². The summed E-state index contributed by atoms with van der Waals surface area (Å²) in [5, 5.41) is 8.31. The molecule has 0 spiro atoms. The van der Waals surface area contributed by atoms with Crippen LogP contribution in [0.25, 0.3) is 11.3 Å². The lowest BCUT2D eigenvalue weighted by Crippen LogP contribution is -2.14. The first-order valence-electron chi connectivity index (χ1n) is 7.50. The lowest BCUT2D eigenvalue weighted by Gasteiger charge is -2.09. The standard InChI is InChI=1S/C18H14ClN3O3S/c19-16-9-6-13(11-15(16)17-3-1-2-10-21-17)22-18(23)12-4-7-14(8-5-12)26(20,24)25/h1-11H,(H,22,23)(H2,20,24,25). The number of amides is 1. The first-order valence-corrected chi connectivity index (χ1v) is 9.42. The summed E-state index contributed by atoms with van der Waals surface area (Å²) >= 11 is 6.22. The van der Waals surface area contributed by atoms with E-state index in [1.807, 2.05) is 12.1 Å². The number of benzene rings is 2. The van der Waals surface area contributed by atoms with Gasteiger partial charge in [-0.2, -0.15) is 0 Å². The van der Waals surface area contributed by atoms with Gasteiger partial charge in [-0.3, -0.25) is 9.78 Å². The number of rotatable bonds is 4. The molecular weight excluding hydrogens is 374 g/mol. The number of hydrogen-bond acceptors (Lipinski definition) is 4. The Morgan fingerprint density at radius 3 is 2.38 bits per heavy atom. The molecule has 3 aromatic rings. The van der Waals surface area contributed by atoms with Crippen LogP contribution >= 0.6 is 11.6 Å². The zero-order valence-electron chi connectivity index (χ0n) is 13.4. The van der Waals surface area contributed by atoms with Gasteiger partial charge in [0.05, 0.1) is 15.6 Å². The van der Waals surface area contributed by atoms with Gasteiger partial charge in [-0.05, 0) is 54.6 Å². The quantitative estimate of drug-likeness (QED) is 0.716. The van der Waals surface area contributed by atoms with Crippen LogP contribution in [0.3, 0.4) is 0 Å². The summed E-state index contributed by atoms with van der Waals surface area (Å²) in [5.74, 6) is -0.389. The van der Waals surface area contributed by atoms with Crippen LogP contribution in [0.15, 0.2) is 71.8 Å². The minimum atomic E-state index is -3.80. The van der Waals surface area contributed by atoms with E-state index in [1.165, 1.54) is 24.3 Å². The van der Waals surface area contributed by atoms with Gasteiger partial charge in [0.15, 0.2) is 0 Å². The van der Waals surface area contributed by atoms with Crippen LogP contribution in [-0.4, -0.2) is 19.3 Å². The maximum absolute atomic E-state index is 12.4. The molecule has 6 nitrogen and oxygen atoms in total. The summed E-state index contributed by atoms with van der Waals surface area (Å²) in [7, 11) is -3.80. The van der Waals surface area contributed by atoms with Crippen LogP contribution < -0.4 is 10.5 Å². The number of hydrogen-bond donors (Lipinski definition) is 2. The van der Waals surface area contributed by atoms with E-state index in [4.69, 9.17) is 16.7 Å². The zero-order chi connectivity index (χ0) is 18.7. The zero-order valence-corrected chi connectivity index (χ0v) is 15.0. The molecule has 3 N–H and O–H groups in total. The third-order valence-corrected chi connectivity index (χ3v) is 4.87. The van der Waals surface area contributed by atoms with Gasteiger partial charge >= 0.3 is 0 Å². The number of primary sulfonamides is 1. The molecule has 1 heterocycles. The third-order valence-electron chi connectivity index (χ3n) is 3.61. The number of sulfonamides is 1. The average Bonchev–Trinajstić information content (AvgIpc) is 2.63. The fourth-order valence-corrected chi connectivity index (χ4v) is 3.05. The fraction of sp³-hybridized carbons (Fsp3) is 0. The number of nitrogens with two attached hydrogens (primary N) is 1. The van der Waals surface area contributed by atoms with Crippen molar-refractivity contribution >= 4 is 33.2 Å². The topological polar surface area (TPSA) is 102 Å². The van der Waals surface area contributed by atoms with Crippen LogP contribution in [0.1, 0.15) is 10.4 Å². The van der Waals surface area contributed by atoms with Gasteiger partial charge in [-0.15, -0.1) is 0 Å². The molecule has 0 saturated heterocycles. The molecule has 0 aliphatic carbocycles. The van der Waals surface area contributed by atoms with Gasteiger partial charge < -0.3 is 5.32 Å². The number of halogens is 1. The maximum atomic E-state index is 12.4. The maximum Gasteiger partial charge on any atom is 0.255 e. The van der Waals surface area contributed by atoms with Crippen LogP contribution in [-0.2, 0) is 10.0 Å². The van der Waals surface area contributed by atoms with Gasteiger partial charge in [0.2, 0.25) is 10.0 Å². The van der Waals surface area contributed by atoms with Gasteiger partial charge in [-0.1, -0.05) is 17.7 Å². The van der Waals surface area contributed by atoms with E-state index < -0.39 is 10.0 Å². The van der Waals surface area contributed by atoms with Crippen molar-refractivity contribution in [2.75, 3.05) is 5.32 Å². The molecule has 0 fully saturated rings. The van der Waals surface area contributed by atoms with E-state index in [9.17, 15) is 13.2 Å². The molecular formula is C18H14ClN3O3S. The molecule has 1 aromatic heterocycles. The van der Waals surface area contributed by atoms with Crippen molar-refractivity contribution in [3.63, 3.8) is 0 Å². The largest absolute Gasteiger partial charge is 0.322 e. The Labute approximate surface area is 155 Å². The molecule has 0 atom stereocenters. The summed E-state index contributed by atoms with van der Waals surface area (Å²) < 4.78 is 22.5. The highest BCUT2D eigenvalue weighted by Gasteiger charge is 2.12. The number of pyridine rings is 1. The number of nitrogens with zero attached hydrogens (tertiary/aromatic N) is 1. The molecule has 3 rings (SSSR count). The molecule has 0 saturated carbocycles. The first kappa shape index (κ1) is 18.1. The van der Waals surface area contributed by atoms with Crippen molar-refractivity contribution in [3.05, 3.63) is 77.4 Å². The van der Waals surface area contributed by atoms with E-state index in [2.05, 4.69) is 10.3 Å². The second-order valence-electron chi connectivity index (χ2n) is 5.43. The minimum absolute atomic E-state index is 0.0574. The SMILES string of the molecule is NS(=O)(=O)c1ccc(C(=O)Nc2ccc(Cl)c(-c3ccccn3)c2)cc1. The fourth-order valence-electron chi connectivity index (χ4n) is 2.32. The van der Waals surface area contributed by atoms with Crippen LogP contribution in [0.5, 0.6) is 0 Å². The highest BCUT2D eigenvalue weighted by Crippen LogP contribution is 2.29. The predicted octanol–water partition coefficient (Wildman–Crippen LogP) is 3.30. The van der Waals surface area contributed by atoms with Gasteiger partial charge in [0.1, 0.15) is 0 Å². The summed E-state index contributed by atoms with van der Waals surface area (Å²) in [6.07, 6.45) is 1.66. The Balaban J connectivity index is 1.84. The smallest absolute Gasteiger partial charge is 0.255 e. The number of carbonyl (C=O) groups is 1. The van der Waals surface area contributed by atoms with Crippen molar-refractivity contribution in [1.29, 1.82) is 0 Å². The Hall–Kier alpha value is -2.74. The monoisotopic (exact) mass is 387 g/mol. The highest BCUT2D eigenvalue weighted by atomic mass is 35.5. The van der Waals surface area contributed by atoms with Crippen LogP contribution in [0.2, 0.25) is 5.02 Å². The molecule has 0 unspecified atom stereocenters. The van der Waals surface area contributed by atoms with Crippen molar-refractivity contribution in [1.82, 2.24) is 4.98 Å². The molecule has 1 amide bonds. The lowest BCUT2D eigenvalue weighted by atomic mass is 10.1. The molecule has 0 aliphatic rings. The lowest BCUT2D eigenvalue weighted by molar-refractivity contribution is 0.102. The van der Waals surface area contributed by atoms with Crippen molar-refractivity contribution in [2.24, 2.45) is 5.14 Å². The average molecular weight is 388 g/mol. The molecule has 0 bridgehead atoms. The van der Waals surface area contributed by atoms with E-state index >= 15 is 0 Å². The van der Waals surface area contributed by atoms with Crippen molar-refractivity contribution in [3.8, 4) is 11.3 Å². The van der Waals surface area contributed by atoms with E-state index in [0.29, 0.717) is 27.5 Å². The Morgan fingerprint density at radius 1 is 1.04 bits per heavy atom. The molecule has 0 aliphatic heterocycles. The van der Waals surface area contributed by atoms with Crippen LogP contribution in [0.4, 0.5) is 5.69 Å². The van der Waals surface area contributed by atoms with Gasteiger partial charge in [-0.25, -0.2) is 13.6 Å². The van der Waals surface area contributed by atoms with Crippen molar-refractivity contribution in [2.45, 2.75) is 4.90 Å². The second kappa shape index (κ2) is 7.25.